The predicted molar refractivity (Wildman–Crippen MR) is 94.7 cm³/mol. The molecule has 7 heteroatoms. The van der Waals surface area contributed by atoms with E-state index >= 15 is 0 Å². The van der Waals surface area contributed by atoms with E-state index in [2.05, 4.69) is 10.2 Å². The Bertz CT molecular complexity index is 619. The zero-order valence-corrected chi connectivity index (χ0v) is 15.3. The van der Waals surface area contributed by atoms with Crippen LogP contribution in [0.3, 0.4) is 0 Å². The van der Waals surface area contributed by atoms with Crippen LogP contribution in [0.15, 0.2) is 18.2 Å². The molecule has 0 bridgehead atoms. The molecule has 1 aromatic carbocycles. The topological polar surface area (TPSA) is 61.9 Å². The van der Waals surface area contributed by atoms with Gasteiger partial charge in [-0.05, 0) is 52.6 Å². The minimum absolute atomic E-state index is 0.176. The summed E-state index contributed by atoms with van der Waals surface area (Å²) in [4.78, 5) is 28.3. The fraction of sp³-hybridized carbons (Fsp3) is 0.529. The monoisotopic (exact) mass is 353 g/mol. The number of urea groups is 1. The number of nitrogens with one attached hydrogen (secondary N) is 1. The number of halogens is 1. The van der Waals surface area contributed by atoms with Crippen molar-refractivity contribution in [3.05, 3.63) is 28.8 Å². The van der Waals surface area contributed by atoms with Gasteiger partial charge in [0.05, 0.1) is 16.7 Å². The first-order valence-electron chi connectivity index (χ1n) is 8.00. The summed E-state index contributed by atoms with van der Waals surface area (Å²) in [6.45, 7) is 4.94. The van der Waals surface area contributed by atoms with Crippen molar-refractivity contribution in [3.8, 4) is 0 Å². The van der Waals surface area contributed by atoms with Crippen molar-refractivity contribution in [2.75, 3.05) is 32.5 Å². The summed E-state index contributed by atoms with van der Waals surface area (Å²) in [6.07, 6.45) is 0.715. The van der Waals surface area contributed by atoms with Crippen molar-refractivity contribution in [2.45, 2.75) is 32.4 Å². The Labute approximate surface area is 147 Å². The Morgan fingerprint density at radius 3 is 2.67 bits per heavy atom. The summed E-state index contributed by atoms with van der Waals surface area (Å²) in [5, 5.41) is 3.12. The Balaban J connectivity index is 2.05. The summed E-state index contributed by atoms with van der Waals surface area (Å²) in [6, 6.07) is 5.00. The first kappa shape index (κ1) is 18.5. The largest absolute Gasteiger partial charge is 0.459 e. The van der Waals surface area contributed by atoms with E-state index in [9.17, 15) is 9.59 Å². The molecule has 1 aromatic rings. The Hall–Kier alpha value is -1.79. The van der Waals surface area contributed by atoms with Gasteiger partial charge >= 0.3 is 12.0 Å². The highest BCUT2D eigenvalue weighted by Gasteiger charge is 2.27. The van der Waals surface area contributed by atoms with E-state index in [-0.39, 0.29) is 17.7 Å². The van der Waals surface area contributed by atoms with Crippen molar-refractivity contribution in [1.82, 2.24) is 9.80 Å². The molecule has 1 fully saturated rings. The zero-order chi connectivity index (χ0) is 17.9. The molecule has 0 aliphatic carbocycles. The quantitative estimate of drug-likeness (QED) is 0.845. The third-order valence-corrected chi connectivity index (χ3v) is 4.29. The van der Waals surface area contributed by atoms with Gasteiger partial charge in [-0.1, -0.05) is 11.6 Å². The molecule has 1 aliphatic heterocycles. The van der Waals surface area contributed by atoms with E-state index < -0.39 is 5.97 Å². The standard InChI is InChI=1S/C17H24ClN3O3/c1-11(2)24-16(22)14-9-12(5-6-15(14)18)19-17(23)21-8-7-13(10-21)20(3)4/h5-6,9,11,13H,7-8,10H2,1-4H3,(H,19,23). The third kappa shape index (κ3) is 4.61. The van der Waals surface area contributed by atoms with Crippen LogP contribution in [0.4, 0.5) is 10.5 Å². The van der Waals surface area contributed by atoms with Gasteiger partial charge in [0.15, 0.2) is 0 Å². The highest BCUT2D eigenvalue weighted by atomic mass is 35.5. The van der Waals surface area contributed by atoms with Crippen molar-refractivity contribution in [3.63, 3.8) is 0 Å². The molecule has 24 heavy (non-hydrogen) atoms. The minimum Gasteiger partial charge on any atom is -0.459 e. The van der Waals surface area contributed by atoms with Crippen LogP contribution in [0.1, 0.15) is 30.6 Å². The van der Waals surface area contributed by atoms with Crippen LogP contribution in [-0.2, 0) is 4.74 Å². The second kappa shape index (κ2) is 7.85. The number of esters is 1. The number of anilines is 1. The number of rotatable bonds is 4. The molecule has 1 N–H and O–H groups in total. The normalized spacial score (nSPS) is 17.5. The molecule has 0 saturated carbocycles. The van der Waals surface area contributed by atoms with E-state index in [0.717, 1.165) is 6.42 Å². The SMILES string of the molecule is CC(C)OC(=O)c1cc(NC(=O)N2CCC(N(C)C)C2)ccc1Cl. The van der Waals surface area contributed by atoms with E-state index in [4.69, 9.17) is 16.3 Å². The average Bonchev–Trinajstić information content (AvgIpc) is 2.98. The molecule has 132 valence electrons. The molecule has 0 radical (unpaired) electrons. The van der Waals surface area contributed by atoms with Crippen LogP contribution >= 0.6 is 11.6 Å². The molecule has 1 unspecified atom stereocenters. The van der Waals surface area contributed by atoms with Crippen molar-refractivity contribution in [1.29, 1.82) is 0 Å². The summed E-state index contributed by atoms with van der Waals surface area (Å²) in [7, 11) is 4.02. The van der Waals surface area contributed by atoms with Gasteiger partial charge in [-0.15, -0.1) is 0 Å². The Kier molecular flexibility index (Phi) is 6.07. The zero-order valence-electron chi connectivity index (χ0n) is 14.5. The summed E-state index contributed by atoms with van der Waals surface area (Å²) in [5.41, 5.74) is 0.768. The van der Waals surface area contributed by atoms with Crippen LogP contribution in [0, 0.1) is 0 Å². The maximum absolute atomic E-state index is 12.4. The number of nitrogens with zero attached hydrogens (tertiary/aromatic N) is 2. The van der Waals surface area contributed by atoms with Crippen molar-refractivity contribution >= 4 is 29.3 Å². The highest BCUT2D eigenvalue weighted by Crippen LogP contribution is 2.23. The van der Waals surface area contributed by atoms with Crippen LogP contribution in [0.25, 0.3) is 0 Å². The number of benzene rings is 1. The fourth-order valence-electron chi connectivity index (χ4n) is 2.59. The number of carbonyl (C=O) groups is 2. The lowest BCUT2D eigenvalue weighted by molar-refractivity contribution is 0.0378. The van der Waals surface area contributed by atoms with E-state index in [1.54, 1.807) is 36.9 Å². The lowest BCUT2D eigenvalue weighted by Gasteiger charge is -2.21. The minimum atomic E-state index is -0.500. The maximum Gasteiger partial charge on any atom is 0.339 e. The first-order valence-corrected chi connectivity index (χ1v) is 8.38. The number of hydrogen-bond acceptors (Lipinski definition) is 4. The molecule has 0 spiro atoms. The number of ether oxygens (including phenoxy) is 1. The van der Waals surface area contributed by atoms with Gasteiger partial charge in [-0.25, -0.2) is 9.59 Å². The molecular weight excluding hydrogens is 330 g/mol. The molecule has 6 nitrogen and oxygen atoms in total. The lowest BCUT2D eigenvalue weighted by Crippen LogP contribution is -2.36. The molecule has 2 amide bonds. The Morgan fingerprint density at radius 1 is 1.38 bits per heavy atom. The molecule has 1 saturated heterocycles. The predicted octanol–water partition coefficient (Wildman–Crippen LogP) is 3.07. The van der Waals surface area contributed by atoms with E-state index in [0.29, 0.717) is 29.8 Å². The van der Waals surface area contributed by atoms with Crippen LogP contribution in [-0.4, -0.2) is 61.1 Å². The van der Waals surface area contributed by atoms with Crippen molar-refractivity contribution < 1.29 is 14.3 Å². The molecule has 1 atom stereocenters. The first-order chi connectivity index (χ1) is 11.3. The third-order valence-electron chi connectivity index (χ3n) is 3.96. The van der Waals surface area contributed by atoms with E-state index in [1.165, 1.54) is 0 Å². The molecule has 2 rings (SSSR count). The van der Waals surface area contributed by atoms with Gasteiger partial charge in [-0.3, -0.25) is 0 Å². The fourth-order valence-corrected chi connectivity index (χ4v) is 2.78. The van der Waals surface area contributed by atoms with Crippen LogP contribution in [0.5, 0.6) is 0 Å². The van der Waals surface area contributed by atoms with Gasteiger partial charge in [0.25, 0.3) is 0 Å². The van der Waals surface area contributed by atoms with Crippen LogP contribution in [0.2, 0.25) is 5.02 Å². The van der Waals surface area contributed by atoms with E-state index in [1.807, 2.05) is 14.1 Å². The number of likely N-dealkylation sites (N-methyl/N-ethyl adjacent to an activating group) is 1. The molecule has 1 aliphatic rings. The Morgan fingerprint density at radius 2 is 2.08 bits per heavy atom. The lowest BCUT2D eigenvalue weighted by atomic mass is 10.2. The summed E-state index contributed by atoms with van der Waals surface area (Å²) < 4.78 is 5.17. The number of likely N-dealkylation sites (tertiary alicyclic amines) is 1. The molecule has 1 heterocycles. The maximum atomic E-state index is 12.4. The second-order valence-electron chi connectivity index (χ2n) is 6.43. The number of amides is 2. The van der Waals surface area contributed by atoms with Crippen LogP contribution < -0.4 is 5.32 Å². The van der Waals surface area contributed by atoms with Crippen molar-refractivity contribution in [2.24, 2.45) is 0 Å². The summed E-state index contributed by atoms with van der Waals surface area (Å²) >= 11 is 6.06. The van der Waals surface area contributed by atoms with Gasteiger partial charge in [0.2, 0.25) is 0 Å². The molecular formula is C17H24ClN3O3. The average molecular weight is 354 g/mol. The second-order valence-corrected chi connectivity index (χ2v) is 6.84. The number of carbonyl (C=O) groups excluding carboxylic acids is 2. The van der Waals surface area contributed by atoms with Gasteiger partial charge in [0, 0.05) is 24.8 Å². The smallest absolute Gasteiger partial charge is 0.339 e. The highest BCUT2D eigenvalue weighted by molar-refractivity contribution is 6.33. The summed E-state index contributed by atoms with van der Waals surface area (Å²) in [5.74, 6) is -0.500. The van der Waals surface area contributed by atoms with Gasteiger partial charge < -0.3 is 19.9 Å². The molecule has 0 aromatic heterocycles. The number of hydrogen-bond donors (Lipinski definition) is 1. The van der Waals surface area contributed by atoms with Gasteiger partial charge in [0.1, 0.15) is 0 Å². The van der Waals surface area contributed by atoms with Gasteiger partial charge in [-0.2, -0.15) is 0 Å².